The molecule has 1 aromatic carbocycles. The molecule has 1 unspecified atom stereocenters. The summed E-state index contributed by atoms with van der Waals surface area (Å²) in [5.74, 6) is 0. The van der Waals surface area contributed by atoms with Gasteiger partial charge in [0.15, 0.2) is 0 Å². The van der Waals surface area contributed by atoms with Crippen LogP contribution < -0.4 is 10.9 Å². The monoisotopic (exact) mass is 243 g/mol. The summed E-state index contributed by atoms with van der Waals surface area (Å²) in [6, 6.07) is 11.5. The van der Waals surface area contributed by atoms with Gasteiger partial charge < -0.3 is 5.32 Å². The summed E-state index contributed by atoms with van der Waals surface area (Å²) >= 11 is 0. The summed E-state index contributed by atoms with van der Waals surface area (Å²) in [5, 5.41) is 7.30. The van der Waals surface area contributed by atoms with Gasteiger partial charge in [-0.2, -0.15) is 5.10 Å². The van der Waals surface area contributed by atoms with Gasteiger partial charge in [0.2, 0.25) is 0 Å². The van der Waals surface area contributed by atoms with Crippen molar-refractivity contribution in [2.45, 2.75) is 19.5 Å². The Labute approximate surface area is 106 Å². The second kappa shape index (κ2) is 5.60. The normalized spacial score (nSPS) is 12.3. The lowest BCUT2D eigenvalue weighted by Crippen LogP contribution is -2.29. The Hall–Kier alpha value is -1.94. The number of likely N-dealkylation sites (N-methyl/N-ethyl adjacent to an activating group) is 1. The minimum Gasteiger partial charge on any atom is -0.311 e. The van der Waals surface area contributed by atoms with Gasteiger partial charge >= 0.3 is 0 Å². The number of aromatic nitrogens is 2. The van der Waals surface area contributed by atoms with Crippen LogP contribution in [0.2, 0.25) is 0 Å². The maximum absolute atomic E-state index is 11.6. The second-order valence-corrected chi connectivity index (χ2v) is 4.30. The van der Waals surface area contributed by atoms with Gasteiger partial charge in [0, 0.05) is 12.3 Å². The molecule has 4 heteroatoms. The summed E-state index contributed by atoms with van der Waals surface area (Å²) in [6.07, 6.45) is 1.63. The van der Waals surface area contributed by atoms with Crippen LogP contribution in [-0.4, -0.2) is 16.8 Å². The average molecular weight is 243 g/mol. The molecular weight excluding hydrogens is 226 g/mol. The largest absolute Gasteiger partial charge is 0.311 e. The molecule has 0 spiro atoms. The summed E-state index contributed by atoms with van der Waals surface area (Å²) < 4.78 is 1.48. The fourth-order valence-electron chi connectivity index (χ4n) is 1.95. The SMILES string of the molecule is CNC(Cn1ncccc1=O)c1cccc(C)c1. The Kier molecular flexibility index (Phi) is 3.89. The van der Waals surface area contributed by atoms with Crippen LogP contribution in [0.3, 0.4) is 0 Å². The number of hydrogen-bond donors (Lipinski definition) is 1. The summed E-state index contributed by atoms with van der Waals surface area (Å²) in [5.41, 5.74) is 2.29. The zero-order valence-electron chi connectivity index (χ0n) is 10.6. The van der Waals surface area contributed by atoms with Crippen LogP contribution in [0.5, 0.6) is 0 Å². The number of nitrogens with one attached hydrogen (secondary N) is 1. The van der Waals surface area contributed by atoms with E-state index in [1.54, 1.807) is 12.3 Å². The minimum atomic E-state index is -0.0783. The van der Waals surface area contributed by atoms with Crippen LogP contribution in [0.1, 0.15) is 17.2 Å². The highest BCUT2D eigenvalue weighted by Gasteiger charge is 2.11. The first-order chi connectivity index (χ1) is 8.70. The van der Waals surface area contributed by atoms with Crippen molar-refractivity contribution < 1.29 is 0 Å². The zero-order valence-corrected chi connectivity index (χ0v) is 10.6. The Bertz CT molecular complexity index is 577. The minimum absolute atomic E-state index is 0.0783. The van der Waals surface area contributed by atoms with E-state index in [0.29, 0.717) is 6.54 Å². The molecule has 0 aliphatic rings. The molecule has 94 valence electrons. The number of nitrogens with zero attached hydrogens (tertiary/aromatic N) is 2. The molecule has 1 heterocycles. The highest BCUT2D eigenvalue weighted by molar-refractivity contribution is 5.24. The van der Waals surface area contributed by atoms with Gasteiger partial charge in [0.25, 0.3) is 5.56 Å². The van der Waals surface area contributed by atoms with Gasteiger partial charge in [-0.15, -0.1) is 0 Å². The van der Waals surface area contributed by atoms with Crippen LogP contribution in [0.15, 0.2) is 47.4 Å². The van der Waals surface area contributed by atoms with Crippen LogP contribution in [0.25, 0.3) is 0 Å². The second-order valence-electron chi connectivity index (χ2n) is 4.30. The third-order valence-electron chi connectivity index (χ3n) is 2.93. The molecule has 0 radical (unpaired) electrons. The lowest BCUT2D eigenvalue weighted by molar-refractivity contribution is 0.452. The molecule has 0 bridgehead atoms. The molecule has 4 nitrogen and oxygen atoms in total. The summed E-state index contributed by atoms with van der Waals surface area (Å²) in [4.78, 5) is 11.6. The molecule has 0 aliphatic carbocycles. The molecule has 1 N–H and O–H groups in total. The van der Waals surface area contributed by atoms with E-state index in [-0.39, 0.29) is 11.6 Å². The molecule has 0 aliphatic heterocycles. The maximum atomic E-state index is 11.6. The predicted octanol–water partition coefficient (Wildman–Crippen LogP) is 1.51. The Balaban J connectivity index is 2.25. The fraction of sp³-hybridized carbons (Fsp3) is 0.286. The Morgan fingerprint density at radius 2 is 2.17 bits per heavy atom. The number of benzene rings is 1. The lowest BCUT2D eigenvalue weighted by Gasteiger charge is -2.17. The molecule has 2 aromatic rings. The highest BCUT2D eigenvalue weighted by Crippen LogP contribution is 2.15. The molecule has 0 fully saturated rings. The summed E-state index contributed by atoms with van der Waals surface area (Å²) in [7, 11) is 1.89. The molecule has 2 rings (SSSR count). The molecular formula is C14H17N3O. The maximum Gasteiger partial charge on any atom is 0.266 e. The van der Waals surface area contributed by atoms with E-state index in [1.165, 1.54) is 16.3 Å². The van der Waals surface area contributed by atoms with E-state index >= 15 is 0 Å². The summed E-state index contributed by atoms with van der Waals surface area (Å²) in [6.45, 7) is 2.59. The van der Waals surface area contributed by atoms with Gasteiger partial charge in [-0.25, -0.2) is 4.68 Å². The van der Waals surface area contributed by atoms with E-state index < -0.39 is 0 Å². The predicted molar refractivity (Wildman–Crippen MR) is 71.5 cm³/mol. The van der Waals surface area contributed by atoms with Crippen molar-refractivity contribution in [3.63, 3.8) is 0 Å². The number of rotatable bonds is 4. The third kappa shape index (κ3) is 2.84. The Morgan fingerprint density at radius 3 is 2.83 bits per heavy atom. The molecule has 1 atom stereocenters. The van der Waals surface area contributed by atoms with Crippen molar-refractivity contribution in [2.24, 2.45) is 0 Å². The molecule has 0 amide bonds. The quantitative estimate of drug-likeness (QED) is 0.885. The van der Waals surface area contributed by atoms with Gasteiger partial charge in [0.1, 0.15) is 0 Å². The van der Waals surface area contributed by atoms with Crippen molar-refractivity contribution in [2.75, 3.05) is 7.05 Å². The van der Waals surface area contributed by atoms with Crippen molar-refractivity contribution in [1.29, 1.82) is 0 Å². The van der Waals surface area contributed by atoms with E-state index in [0.717, 1.165) is 5.56 Å². The topological polar surface area (TPSA) is 46.9 Å². The van der Waals surface area contributed by atoms with Crippen LogP contribution in [-0.2, 0) is 6.54 Å². The van der Waals surface area contributed by atoms with E-state index in [1.807, 2.05) is 13.1 Å². The molecule has 18 heavy (non-hydrogen) atoms. The lowest BCUT2D eigenvalue weighted by atomic mass is 10.0. The third-order valence-corrected chi connectivity index (χ3v) is 2.93. The van der Waals surface area contributed by atoms with E-state index in [4.69, 9.17) is 0 Å². The first-order valence-corrected chi connectivity index (χ1v) is 5.96. The average Bonchev–Trinajstić information content (AvgIpc) is 2.38. The molecule has 0 saturated carbocycles. The van der Waals surface area contributed by atoms with Gasteiger partial charge in [-0.1, -0.05) is 29.8 Å². The zero-order chi connectivity index (χ0) is 13.0. The van der Waals surface area contributed by atoms with E-state index in [9.17, 15) is 4.79 Å². The standard InChI is InChI=1S/C14H17N3O/c1-11-5-3-6-12(9-11)13(15-2)10-17-14(18)7-4-8-16-17/h3-9,13,15H,10H2,1-2H3. The van der Waals surface area contributed by atoms with Gasteiger partial charge in [-0.3, -0.25) is 4.79 Å². The van der Waals surface area contributed by atoms with Crippen molar-refractivity contribution >= 4 is 0 Å². The Morgan fingerprint density at radius 1 is 1.33 bits per heavy atom. The van der Waals surface area contributed by atoms with Crippen molar-refractivity contribution in [3.05, 3.63) is 64.1 Å². The highest BCUT2D eigenvalue weighted by atomic mass is 16.1. The van der Waals surface area contributed by atoms with Crippen LogP contribution in [0.4, 0.5) is 0 Å². The van der Waals surface area contributed by atoms with Crippen molar-refractivity contribution in [1.82, 2.24) is 15.1 Å². The molecule has 0 saturated heterocycles. The van der Waals surface area contributed by atoms with Crippen LogP contribution in [0, 0.1) is 6.92 Å². The molecule has 1 aromatic heterocycles. The van der Waals surface area contributed by atoms with Crippen molar-refractivity contribution in [3.8, 4) is 0 Å². The van der Waals surface area contributed by atoms with Gasteiger partial charge in [-0.05, 0) is 25.6 Å². The van der Waals surface area contributed by atoms with Gasteiger partial charge in [0.05, 0.1) is 12.6 Å². The first kappa shape index (κ1) is 12.5. The number of aryl methyl sites for hydroxylation is 1. The van der Waals surface area contributed by atoms with E-state index in [2.05, 4.69) is 35.5 Å². The fourth-order valence-corrected chi connectivity index (χ4v) is 1.95. The number of hydrogen-bond acceptors (Lipinski definition) is 3. The van der Waals surface area contributed by atoms with Crippen LogP contribution >= 0.6 is 0 Å². The first-order valence-electron chi connectivity index (χ1n) is 5.96. The smallest absolute Gasteiger partial charge is 0.266 e.